The van der Waals surface area contributed by atoms with Crippen LogP contribution in [0.1, 0.15) is 75.4 Å². The van der Waals surface area contributed by atoms with Gasteiger partial charge in [-0.2, -0.15) is 132 Å². The molecule has 0 aliphatic rings. The summed E-state index contributed by atoms with van der Waals surface area (Å²) in [7, 11) is 0. The van der Waals surface area contributed by atoms with Gasteiger partial charge in [-0.15, -0.1) is 0 Å². The molecule has 0 fully saturated rings. The topological polar surface area (TPSA) is 16.8 Å². The lowest BCUT2D eigenvalue weighted by atomic mass is 9.12. The number of alkyl halides is 24. The predicted molar refractivity (Wildman–Crippen MR) is 240 cm³/mol. The van der Waals surface area contributed by atoms with Crippen molar-refractivity contribution in [3.8, 4) is 11.3 Å². The van der Waals surface area contributed by atoms with E-state index in [2.05, 4.69) is 78.1 Å². The smallest absolute Gasteiger partial charge is 0.244 e. The Balaban J connectivity index is 0.000000378. The van der Waals surface area contributed by atoms with Crippen molar-refractivity contribution in [3.63, 3.8) is 0 Å². The van der Waals surface area contributed by atoms with E-state index < -0.39 is 195 Å². The van der Waals surface area contributed by atoms with Gasteiger partial charge in [0.1, 0.15) is 11.8 Å². The Morgan fingerprint density at radius 3 is 0.911 bits per heavy atom. The maximum absolute atomic E-state index is 14.2. The fourth-order valence-electron chi connectivity index (χ4n) is 8.58. The van der Waals surface area contributed by atoms with Crippen molar-refractivity contribution in [2.45, 2.75) is 75.7 Å². The minimum Gasteiger partial charge on any atom is -0.244 e. The Labute approximate surface area is 430 Å². The van der Waals surface area contributed by atoms with Gasteiger partial charge in [-0.05, 0) is 35.7 Å². The van der Waals surface area contributed by atoms with E-state index in [1.54, 1.807) is 0 Å². The van der Waals surface area contributed by atoms with Crippen molar-refractivity contribution in [2.24, 2.45) is 0 Å². The van der Waals surface area contributed by atoms with Gasteiger partial charge in [0.05, 0.1) is 50.7 Å². The van der Waals surface area contributed by atoms with E-state index in [9.17, 15) is 105 Å². The second kappa shape index (κ2) is 21.4. The molecule has 7 rings (SSSR count). The molecule has 0 saturated heterocycles. The molecular weight excluding hydrogens is 1120 g/mol. The zero-order valence-corrected chi connectivity index (χ0v) is 39.7. The summed E-state index contributed by atoms with van der Waals surface area (Å²) in [6.07, 6.45) is -48.8. The molecule has 2 nitrogen and oxygen atoms in total. The molecule has 1 heterocycles. The van der Waals surface area contributed by atoms with Crippen LogP contribution < -0.4 is 26.4 Å². The van der Waals surface area contributed by atoms with Gasteiger partial charge < -0.3 is 0 Å². The highest BCUT2D eigenvalue weighted by Gasteiger charge is 2.47. The lowest BCUT2D eigenvalue weighted by Gasteiger charge is -2.46. The van der Waals surface area contributed by atoms with Crippen molar-refractivity contribution >= 4 is 28.0 Å². The first-order valence-electron chi connectivity index (χ1n) is 22.3. The first-order valence-corrected chi connectivity index (χ1v) is 22.3. The summed E-state index contributed by atoms with van der Waals surface area (Å²) in [4.78, 5) is 4.50. The van der Waals surface area contributed by atoms with Crippen molar-refractivity contribution in [1.82, 2.24) is 4.98 Å². The standard InChI is InChI=1S/C32H12BF24.C20H21N2/c34-25(35,36)13-1-14(26(37,38)39)6-21(5-13)33(22-7-15(27(40,41)42)2-16(8-22)28(43,44)45,23-9-17(29(46,47)48)3-18(10-23)30(49,50)51)24-11-19(31(52,53)54)4-20(12-24)32(55,56)57;1-16(2)18-8-10-19(11-9-18)20-15-22(13-12-21-20)14-17-6-4-3-5-7-17/h1-12H;3-13,15-16H,14H2,1-2H3/q-1;+1. The van der Waals surface area contributed by atoms with Crippen LogP contribution in [0.4, 0.5) is 105 Å². The summed E-state index contributed by atoms with van der Waals surface area (Å²) in [6.45, 7) is 5.29. The summed E-state index contributed by atoms with van der Waals surface area (Å²) in [5, 5.41) is 0. The molecule has 1 aromatic heterocycles. The monoisotopic (exact) mass is 1150 g/mol. The van der Waals surface area contributed by atoms with E-state index in [1.807, 2.05) is 18.5 Å². The number of hydrogen-bond donors (Lipinski definition) is 0. The first-order chi connectivity index (χ1) is 36.0. The highest BCUT2D eigenvalue weighted by atomic mass is 19.4. The van der Waals surface area contributed by atoms with Gasteiger partial charge in [-0.25, -0.2) is 4.98 Å². The van der Waals surface area contributed by atoms with Gasteiger partial charge in [0.15, 0.2) is 18.9 Å². The summed E-state index contributed by atoms with van der Waals surface area (Å²) >= 11 is 0. The molecule has 0 N–H and O–H groups in total. The van der Waals surface area contributed by atoms with Gasteiger partial charge in [-0.1, -0.05) is 117 Å². The molecule has 0 spiro atoms. The zero-order chi connectivity index (χ0) is 59.3. The lowest BCUT2D eigenvalue weighted by Crippen LogP contribution is -2.75. The molecule has 0 saturated carbocycles. The SMILES string of the molecule is CC(C)c1ccc(-c2c[n+](Cc3ccccc3)ccn2)cc1.FC(F)(F)c1cc([B-](c2cc(C(F)(F)F)cc(C(F)(F)F)c2)(c2cc(C(F)(F)F)cc(C(F)(F)F)c2)c2cc(C(F)(F)F)cc(C(F)(F)F)c2)cc(C(F)(F)F)c1. The van der Waals surface area contributed by atoms with Crippen molar-refractivity contribution in [1.29, 1.82) is 0 Å². The third-order valence-electron chi connectivity index (χ3n) is 12.3. The minimum atomic E-state index is -6.13. The Bertz CT molecular complexity index is 2830. The first kappa shape index (κ1) is 61.0. The number of nitrogens with zero attached hydrogens (tertiary/aromatic N) is 2. The minimum absolute atomic E-state index is 0.556. The largest absolute Gasteiger partial charge is 0.416 e. The molecular formula is C52H33BF24N2. The number of halogens is 24. The van der Waals surface area contributed by atoms with Crippen LogP contribution in [0.25, 0.3) is 11.3 Å². The molecule has 27 heteroatoms. The Hall–Kier alpha value is -7.22. The highest BCUT2D eigenvalue weighted by Crippen LogP contribution is 2.41. The van der Waals surface area contributed by atoms with E-state index in [4.69, 9.17) is 0 Å². The lowest BCUT2D eigenvalue weighted by molar-refractivity contribution is -0.688. The van der Waals surface area contributed by atoms with Gasteiger partial charge in [0.2, 0.25) is 0 Å². The average molecular weight is 1150 g/mol. The van der Waals surface area contributed by atoms with Gasteiger partial charge >= 0.3 is 49.4 Å². The van der Waals surface area contributed by atoms with Crippen molar-refractivity contribution < 1.29 is 110 Å². The molecule has 79 heavy (non-hydrogen) atoms. The van der Waals surface area contributed by atoms with Gasteiger partial charge in [0.25, 0.3) is 0 Å². The number of rotatable bonds is 8. The molecule has 0 aliphatic heterocycles. The Kier molecular flexibility index (Phi) is 16.6. The zero-order valence-electron chi connectivity index (χ0n) is 39.7. The molecule has 0 unspecified atom stereocenters. The van der Waals surface area contributed by atoms with E-state index in [1.165, 1.54) is 11.1 Å². The maximum atomic E-state index is 14.2. The summed E-state index contributed by atoms with van der Waals surface area (Å²) in [5.41, 5.74) is -25.4. The van der Waals surface area contributed by atoms with Gasteiger partial charge in [0, 0.05) is 11.1 Å². The molecule has 6 aromatic carbocycles. The van der Waals surface area contributed by atoms with Crippen molar-refractivity contribution in [2.75, 3.05) is 0 Å². The normalized spacial score (nSPS) is 13.4. The number of hydrogen-bond acceptors (Lipinski definition) is 1. The van der Waals surface area contributed by atoms with Gasteiger partial charge in [-0.3, -0.25) is 0 Å². The quantitative estimate of drug-likeness (QED) is 0.0842. The Morgan fingerprint density at radius 1 is 0.380 bits per heavy atom. The second-order valence-electron chi connectivity index (χ2n) is 18.1. The van der Waals surface area contributed by atoms with E-state index >= 15 is 0 Å². The van der Waals surface area contributed by atoms with E-state index in [0.29, 0.717) is 5.92 Å². The van der Waals surface area contributed by atoms with E-state index in [0.717, 1.165) is 17.8 Å². The molecule has 7 aromatic rings. The van der Waals surface area contributed by atoms with Crippen LogP contribution in [0.2, 0.25) is 0 Å². The third kappa shape index (κ3) is 14.3. The third-order valence-corrected chi connectivity index (χ3v) is 12.3. The average Bonchev–Trinajstić information content (AvgIpc) is 3.35. The summed E-state index contributed by atoms with van der Waals surface area (Å²) in [5.74, 6) is 0.556. The number of benzene rings is 6. The molecule has 0 bridgehead atoms. The van der Waals surface area contributed by atoms with Crippen LogP contribution in [-0.2, 0) is 56.0 Å². The van der Waals surface area contributed by atoms with Crippen LogP contribution >= 0.6 is 0 Å². The van der Waals surface area contributed by atoms with Crippen LogP contribution in [0.15, 0.2) is 146 Å². The molecule has 0 aliphatic carbocycles. The second-order valence-corrected chi connectivity index (χ2v) is 18.1. The molecule has 0 amide bonds. The van der Waals surface area contributed by atoms with Crippen molar-refractivity contribution in [3.05, 3.63) is 202 Å². The molecule has 0 radical (unpaired) electrons. The molecule has 0 atom stereocenters. The highest BCUT2D eigenvalue weighted by molar-refractivity contribution is 7.20. The van der Waals surface area contributed by atoms with Crippen LogP contribution in [0.5, 0.6) is 0 Å². The summed E-state index contributed by atoms with van der Waals surface area (Å²) in [6, 6.07) is 10.4. The predicted octanol–water partition coefficient (Wildman–Crippen LogP) is 15.4. The Morgan fingerprint density at radius 2 is 0.658 bits per heavy atom. The summed E-state index contributed by atoms with van der Waals surface area (Å²) < 4.78 is 343. The fraction of sp³-hybridized carbons (Fsp3) is 0.231. The van der Waals surface area contributed by atoms with E-state index in [-0.39, 0.29) is 0 Å². The fourth-order valence-corrected chi connectivity index (χ4v) is 8.58. The van der Waals surface area contributed by atoms with Crippen LogP contribution in [-0.4, -0.2) is 11.1 Å². The molecule has 422 valence electrons. The number of aromatic nitrogens is 2. The maximum Gasteiger partial charge on any atom is 0.416 e. The van der Waals surface area contributed by atoms with Crippen LogP contribution in [0.3, 0.4) is 0 Å². The van der Waals surface area contributed by atoms with Crippen LogP contribution in [0, 0.1) is 0 Å².